The Bertz CT molecular complexity index is 1190. The van der Waals surface area contributed by atoms with Crippen molar-refractivity contribution in [3.63, 3.8) is 0 Å². The Hall–Kier alpha value is -2.03. The molecule has 3 nitrogen and oxygen atoms in total. The summed E-state index contributed by atoms with van der Waals surface area (Å²) in [5.41, 5.74) is 6.61. The summed E-state index contributed by atoms with van der Waals surface area (Å²) in [6, 6.07) is 0. The standard InChI is InChI=1S/C33H44O3/c1-7-36-29(21-8-9-21)31(4)15-14-30(3)16-17-33(6)23(25(30)19-31)12-13-32(5)24-18-26(34)28(35)20(2)22(24)10-11-27(32)33/h10-11,18,23,25,35H,7-9,12-17,19H2,1-6H3/t23?,25?,30?,31-,32?,33?/m1/s1. The number of aliphatic hydroxyl groups excluding tert-OH is 1. The second-order valence-electron chi connectivity index (χ2n) is 13.8. The van der Waals surface area contributed by atoms with Crippen LogP contribution in [0.25, 0.3) is 0 Å². The van der Waals surface area contributed by atoms with Gasteiger partial charge in [0.25, 0.3) is 0 Å². The predicted octanol–water partition coefficient (Wildman–Crippen LogP) is 8.31. The molecule has 0 aromatic rings. The maximum absolute atomic E-state index is 12.7. The molecule has 0 spiro atoms. The Balaban J connectivity index is 1.40. The minimum atomic E-state index is -0.231. The first-order valence-corrected chi connectivity index (χ1v) is 14.4. The summed E-state index contributed by atoms with van der Waals surface area (Å²) in [5, 5.41) is 10.3. The van der Waals surface area contributed by atoms with Gasteiger partial charge in [-0.05, 0) is 117 Å². The molecule has 0 aromatic carbocycles. The van der Waals surface area contributed by atoms with Crippen molar-refractivity contribution in [2.45, 2.75) is 99.3 Å². The van der Waals surface area contributed by atoms with E-state index in [4.69, 9.17) is 4.74 Å². The minimum absolute atomic E-state index is 0.0878. The summed E-state index contributed by atoms with van der Waals surface area (Å²) in [4.78, 5) is 12.7. The summed E-state index contributed by atoms with van der Waals surface area (Å²) in [6.07, 6.45) is 17.3. The molecule has 6 rings (SSSR count). The zero-order valence-corrected chi connectivity index (χ0v) is 23.2. The van der Waals surface area contributed by atoms with Gasteiger partial charge in [-0.1, -0.05) is 45.4 Å². The number of hydrogen-bond donors (Lipinski definition) is 1. The van der Waals surface area contributed by atoms with Crippen molar-refractivity contribution in [3.05, 3.63) is 57.6 Å². The highest BCUT2D eigenvalue weighted by atomic mass is 16.5. The second-order valence-corrected chi connectivity index (χ2v) is 13.8. The lowest BCUT2D eigenvalue weighted by atomic mass is 9.39. The van der Waals surface area contributed by atoms with E-state index in [0.717, 1.165) is 29.7 Å². The third-order valence-corrected chi connectivity index (χ3v) is 11.7. The molecule has 0 saturated heterocycles. The molecule has 0 aliphatic heterocycles. The molecular formula is C33H44O3. The Morgan fingerprint density at radius 3 is 2.44 bits per heavy atom. The molecule has 6 atom stereocenters. The summed E-state index contributed by atoms with van der Waals surface area (Å²) in [6.45, 7) is 14.8. The number of carbonyl (C=O) groups excluding carboxylic acids is 1. The topological polar surface area (TPSA) is 46.5 Å². The SMILES string of the molecule is CCOC(=C1CC1)[C@]1(C)CCC2(C)CCC3(C)C4=CC=C5C(=CC(=O)C(O)=C5C)C4(C)CCC3C2C1. The van der Waals surface area contributed by atoms with Crippen molar-refractivity contribution in [3.8, 4) is 0 Å². The number of ether oxygens (including phenoxy) is 1. The van der Waals surface area contributed by atoms with Crippen molar-refractivity contribution in [1.29, 1.82) is 0 Å². The normalized spacial score (nSPS) is 43.3. The summed E-state index contributed by atoms with van der Waals surface area (Å²) in [5.74, 6) is 2.37. The summed E-state index contributed by atoms with van der Waals surface area (Å²) < 4.78 is 6.37. The molecular weight excluding hydrogens is 444 g/mol. The van der Waals surface area contributed by atoms with Crippen molar-refractivity contribution in [2.24, 2.45) is 33.5 Å². The van der Waals surface area contributed by atoms with E-state index in [1.165, 1.54) is 62.7 Å². The Morgan fingerprint density at radius 1 is 1.03 bits per heavy atom. The average Bonchev–Trinajstić information content (AvgIpc) is 3.67. The van der Waals surface area contributed by atoms with Gasteiger partial charge >= 0.3 is 0 Å². The van der Waals surface area contributed by atoms with E-state index in [1.54, 1.807) is 11.6 Å². The number of hydrogen-bond acceptors (Lipinski definition) is 3. The van der Waals surface area contributed by atoms with Crippen LogP contribution in [0.2, 0.25) is 0 Å². The number of ketones is 1. The van der Waals surface area contributed by atoms with E-state index < -0.39 is 0 Å². The average molecular weight is 489 g/mol. The molecule has 0 bridgehead atoms. The van der Waals surface area contributed by atoms with E-state index in [9.17, 15) is 9.90 Å². The van der Waals surface area contributed by atoms with Gasteiger partial charge in [0, 0.05) is 16.4 Å². The molecule has 3 heteroatoms. The van der Waals surface area contributed by atoms with Gasteiger partial charge in [-0.25, -0.2) is 0 Å². The van der Waals surface area contributed by atoms with E-state index in [2.05, 4.69) is 46.8 Å². The molecule has 4 saturated carbocycles. The number of rotatable bonds is 3. The Labute approximate surface area is 217 Å². The molecule has 6 aliphatic rings. The molecule has 5 unspecified atom stereocenters. The van der Waals surface area contributed by atoms with E-state index in [1.807, 2.05) is 6.92 Å². The fourth-order valence-corrected chi connectivity index (χ4v) is 9.38. The van der Waals surface area contributed by atoms with Crippen molar-refractivity contribution >= 4 is 5.78 Å². The van der Waals surface area contributed by atoms with E-state index >= 15 is 0 Å². The van der Waals surface area contributed by atoms with Crippen molar-refractivity contribution in [2.75, 3.05) is 6.61 Å². The molecule has 0 aromatic heterocycles. The van der Waals surface area contributed by atoms with Crippen LogP contribution in [0.5, 0.6) is 0 Å². The van der Waals surface area contributed by atoms with Crippen LogP contribution in [0.1, 0.15) is 99.3 Å². The van der Waals surface area contributed by atoms with Gasteiger partial charge in [0.2, 0.25) is 5.78 Å². The van der Waals surface area contributed by atoms with Crippen LogP contribution >= 0.6 is 0 Å². The van der Waals surface area contributed by atoms with Crippen LogP contribution in [0.15, 0.2) is 57.6 Å². The third kappa shape index (κ3) is 3.19. The fourth-order valence-electron chi connectivity index (χ4n) is 9.38. The first kappa shape index (κ1) is 24.3. The maximum atomic E-state index is 12.7. The van der Waals surface area contributed by atoms with Crippen LogP contribution in [0.4, 0.5) is 0 Å². The number of allylic oxidation sites excluding steroid dienone is 9. The van der Waals surface area contributed by atoms with Gasteiger partial charge in [0.05, 0.1) is 6.61 Å². The van der Waals surface area contributed by atoms with Crippen LogP contribution < -0.4 is 0 Å². The Kier molecular flexibility index (Phi) is 5.23. The smallest absolute Gasteiger partial charge is 0.220 e. The van der Waals surface area contributed by atoms with Gasteiger partial charge in [-0.15, -0.1) is 0 Å². The van der Waals surface area contributed by atoms with Crippen LogP contribution in [-0.2, 0) is 9.53 Å². The van der Waals surface area contributed by atoms with Gasteiger partial charge in [0.1, 0.15) is 5.76 Å². The summed E-state index contributed by atoms with van der Waals surface area (Å²) >= 11 is 0. The highest BCUT2D eigenvalue weighted by Crippen LogP contribution is 2.71. The Morgan fingerprint density at radius 2 is 1.75 bits per heavy atom. The summed E-state index contributed by atoms with van der Waals surface area (Å²) in [7, 11) is 0. The lowest BCUT2D eigenvalue weighted by Crippen LogP contribution is -2.56. The van der Waals surface area contributed by atoms with Gasteiger partial charge < -0.3 is 9.84 Å². The van der Waals surface area contributed by atoms with E-state index in [0.29, 0.717) is 17.3 Å². The minimum Gasteiger partial charge on any atom is -0.504 e. The molecule has 36 heavy (non-hydrogen) atoms. The first-order chi connectivity index (χ1) is 17.0. The highest BCUT2D eigenvalue weighted by Gasteiger charge is 2.62. The lowest BCUT2D eigenvalue weighted by molar-refractivity contribution is -0.114. The largest absolute Gasteiger partial charge is 0.504 e. The van der Waals surface area contributed by atoms with Gasteiger partial charge in [-0.2, -0.15) is 0 Å². The molecule has 6 aliphatic carbocycles. The molecule has 194 valence electrons. The number of aliphatic hydroxyl groups is 1. The molecule has 4 fully saturated rings. The molecule has 1 N–H and O–H groups in total. The fraction of sp³-hybridized carbons (Fsp3) is 0.667. The van der Waals surface area contributed by atoms with Gasteiger partial charge in [0.15, 0.2) is 5.76 Å². The first-order valence-electron chi connectivity index (χ1n) is 14.4. The quantitative estimate of drug-likeness (QED) is 0.406. The zero-order chi connectivity index (χ0) is 25.7. The number of fused-ring (bicyclic) bond motifs is 7. The molecule has 0 amide bonds. The predicted molar refractivity (Wildman–Crippen MR) is 144 cm³/mol. The maximum Gasteiger partial charge on any atom is 0.220 e. The van der Waals surface area contributed by atoms with Gasteiger partial charge in [-0.3, -0.25) is 4.79 Å². The van der Waals surface area contributed by atoms with Crippen LogP contribution in [-0.4, -0.2) is 17.5 Å². The monoisotopic (exact) mass is 488 g/mol. The van der Waals surface area contributed by atoms with Crippen LogP contribution in [0.3, 0.4) is 0 Å². The van der Waals surface area contributed by atoms with Crippen molar-refractivity contribution < 1.29 is 14.6 Å². The second kappa shape index (κ2) is 7.74. The molecule has 0 heterocycles. The van der Waals surface area contributed by atoms with Crippen molar-refractivity contribution in [1.82, 2.24) is 0 Å². The van der Waals surface area contributed by atoms with Crippen LogP contribution in [0, 0.1) is 33.5 Å². The highest BCUT2D eigenvalue weighted by molar-refractivity contribution is 6.06. The van der Waals surface area contributed by atoms with E-state index in [-0.39, 0.29) is 27.8 Å². The number of carbonyl (C=O) groups is 1. The molecule has 0 radical (unpaired) electrons. The zero-order valence-electron chi connectivity index (χ0n) is 23.2. The third-order valence-electron chi connectivity index (χ3n) is 11.7. The lowest BCUT2D eigenvalue weighted by Gasteiger charge is -2.65.